The maximum Gasteiger partial charge on any atom is -0.0132 e. The highest BCUT2D eigenvalue weighted by atomic mass is 14.2. The SMILES string of the molecule is C.C.C.C.CC(C)(C)c1cccc(C(C)(C)C)c1. The molecular weight excluding hydrogens is 216 g/mol. The standard InChI is InChI=1S/C14H22.4CH4/c1-13(2,3)11-8-7-9-12(10-11)14(4,5)6;;;;/h7-10H,1-6H3;4*1H4. The van der Waals surface area contributed by atoms with Crippen molar-refractivity contribution in [2.24, 2.45) is 0 Å². The van der Waals surface area contributed by atoms with Crippen LogP contribution in [0.3, 0.4) is 0 Å². The van der Waals surface area contributed by atoms with E-state index in [0.29, 0.717) is 0 Å². The summed E-state index contributed by atoms with van der Waals surface area (Å²) in [4.78, 5) is 0. The van der Waals surface area contributed by atoms with Gasteiger partial charge in [-0.3, -0.25) is 0 Å². The van der Waals surface area contributed by atoms with Crippen LogP contribution in [0.25, 0.3) is 0 Å². The lowest BCUT2D eigenvalue weighted by molar-refractivity contribution is 0.568. The average molecular weight is 255 g/mol. The third kappa shape index (κ3) is 6.83. The van der Waals surface area contributed by atoms with Crippen molar-refractivity contribution in [2.75, 3.05) is 0 Å². The van der Waals surface area contributed by atoms with Crippen molar-refractivity contribution in [3.05, 3.63) is 35.4 Å². The molecule has 0 spiro atoms. The number of rotatable bonds is 0. The minimum Gasteiger partial charge on any atom is -0.0776 e. The number of hydrogen-bond acceptors (Lipinski definition) is 0. The molecule has 0 atom stereocenters. The molecule has 0 radical (unpaired) electrons. The van der Waals surface area contributed by atoms with Crippen molar-refractivity contribution in [1.29, 1.82) is 0 Å². The van der Waals surface area contributed by atoms with Crippen molar-refractivity contribution >= 4 is 0 Å². The highest BCUT2D eigenvalue weighted by Crippen LogP contribution is 2.28. The van der Waals surface area contributed by atoms with Crippen molar-refractivity contribution in [1.82, 2.24) is 0 Å². The first-order valence-electron chi connectivity index (χ1n) is 5.32. The molecule has 0 aromatic heterocycles. The van der Waals surface area contributed by atoms with E-state index in [1.54, 1.807) is 0 Å². The zero-order valence-electron chi connectivity index (χ0n) is 10.3. The fraction of sp³-hybridized carbons (Fsp3) is 0.667. The minimum absolute atomic E-state index is 0. The van der Waals surface area contributed by atoms with Crippen molar-refractivity contribution in [3.63, 3.8) is 0 Å². The first-order chi connectivity index (χ1) is 6.21. The Morgan fingerprint density at radius 1 is 0.611 bits per heavy atom. The molecule has 0 heteroatoms. The van der Waals surface area contributed by atoms with Crippen molar-refractivity contribution in [3.8, 4) is 0 Å². The lowest BCUT2D eigenvalue weighted by Crippen LogP contribution is -2.15. The highest BCUT2D eigenvalue weighted by Gasteiger charge is 2.18. The first kappa shape index (κ1) is 25.9. The summed E-state index contributed by atoms with van der Waals surface area (Å²) in [6.45, 7) is 13.6. The van der Waals surface area contributed by atoms with Crippen LogP contribution < -0.4 is 0 Å². The monoisotopic (exact) mass is 254 g/mol. The second-order valence-corrected chi connectivity index (χ2v) is 6.08. The lowest BCUT2D eigenvalue weighted by atomic mass is 9.81. The fourth-order valence-corrected chi connectivity index (χ4v) is 1.45. The predicted octanol–water partition coefficient (Wildman–Crippen LogP) is 6.83. The summed E-state index contributed by atoms with van der Waals surface area (Å²) in [5.74, 6) is 0. The van der Waals surface area contributed by atoms with E-state index < -0.39 is 0 Å². The molecule has 0 fully saturated rings. The van der Waals surface area contributed by atoms with Crippen LogP contribution in [0.2, 0.25) is 0 Å². The van der Waals surface area contributed by atoms with Gasteiger partial charge in [-0.1, -0.05) is 95.5 Å². The van der Waals surface area contributed by atoms with Crippen LogP contribution in [0.1, 0.15) is 82.4 Å². The Morgan fingerprint density at radius 2 is 0.889 bits per heavy atom. The molecule has 1 aromatic rings. The van der Waals surface area contributed by atoms with Gasteiger partial charge in [0.15, 0.2) is 0 Å². The Kier molecular flexibility index (Phi) is 12.0. The quantitative estimate of drug-likeness (QED) is 0.476. The van der Waals surface area contributed by atoms with Crippen LogP contribution in [0.5, 0.6) is 0 Å². The summed E-state index contributed by atoms with van der Waals surface area (Å²) in [7, 11) is 0. The molecule has 18 heavy (non-hydrogen) atoms. The lowest BCUT2D eigenvalue weighted by Gasteiger charge is -2.24. The van der Waals surface area contributed by atoms with Crippen molar-refractivity contribution < 1.29 is 0 Å². The summed E-state index contributed by atoms with van der Waals surface area (Å²) in [6.07, 6.45) is 0. The molecule has 1 aromatic carbocycles. The van der Waals surface area contributed by atoms with Gasteiger partial charge in [-0.05, 0) is 22.0 Å². The molecule has 0 nitrogen and oxygen atoms in total. The van der Waals surface area contributed by atoms with E-state index >= 15 is 0 Å². The van der Waals surface area contributed by atoms with Crippen LogP contribution >= 0.6 is 0 Å². The maximum atomic E-state index is 2.33. The van der Waals surface area contributed by atoms with Crippen LogP contribution in [-0.2, 0) is 10.8 Å². The maximum absolute atomic E-state index is 2.33. The van der Waals surface area contributed by atoms with Gasteiger partial charge in [-0.2, -0.15) is 0 Å². The number of benzene rings is 1. The molecule has 0 N–H and O–H groups in total. The normalized spacial score (nSPS) is 10.1. The Bertz CT molecular complexity index is 278. The minimum atomic E-state index is 0. The third-order valence-electron chi connectivity index (χ3n) is 2.59. The van der Waals surface area contributed by atoms with Gasteiger partial charge in [0.05, 0.1) is 0 Å². The van der Waals surface area contributed by atoms with Gasteiger partial charge in [-0.25, -0.2) is 0 Å². The van der Waals surface area contributed by atoms with Crippen LogP contribution in [-0.4, -0.2) is 0 Å². The Labute approximate surface area is 118 Å². The van der Waals surface area contributed by atoms with E-state index in [0.717, 1.165) is 0 Å². The van der Waals surface area contributed by atoms with Gasteiger partial charge in [0.25, 0.3) is 0 Å². The second kappa shape index (κ2) is 8.34. The molecule has 0 aliphatic carbocycles. The topological polar surface area (TPSA) is 0 Å². The number of hydrogen-bond donors (Lipinski definition) is 0. The van der Waals surface area contributed by atoms with E-state index in [1.165, 1.54) is 11.1 Å². The molecule has 110 valence electrons. The van der Waals surface area contributed by atoms with Gasteiger partial charge in [0.1, 0.15) is 0 Å². The summed E-state index contributed by atoms with van der Waals surface area (Å²) in [5, 5.41) is 0. The smallest absolute Gasteiger partial charge is 0.0132 e. The molecule has 0 bridgehead atoms. The molecule has 0 saturated carbocycles. The van der Waals surface area contributed by atoms with Crippen LogP contribution in [0.15, 0.2) is 24.3 Å². The van der Waals surface area contributed by atoms with E-state index in [1.807, 2.05) is 0 Å². The van der Waals surface area contributed by atoms with Gasteiger partial charge in [0.2, 0.25) is 0 Å². The van der Waals surface area contributed by atoms with E-state index in [2.05, 4.69) is 65.8 Å². The van der Waals surface area contributed by atoms with Gasteiger partial charge < -0.3 is 0 Å². The summed E-state index contributed by atoms with van der Waals surface area (Å²) >= 11 is 0. The molecule has 0 heterocycles. The van der Waals surface area contributed by atoms with Crippen molar-refractivity contribution in [2.45, 2.75) is 82.1 Å². The van der Waals surface area contributed by atoms with E-state index in [-0.39, 0.29) is 40.5 Å². The Balaban J connectivity index is -0.000000245. The molecule has 0 aliphatic rings. The molecule has 0 saturated heterocycles. The molecule has 0 amide bonds. The highest BCUT2D eigenvalue weighted by molar-refractivity contribution is 5.32. The summed E-state index contributed by atoms with van der Waals surface area (Å²) in [6, 6.07) is 8.94. The molecule has 0 aliphatic heterocycles. The van der Waals surface area contributed by atoms with Crippen LogP contribution in [0.4, 0.5) is 0 Å². The zero-order valence-corrected chi connectivity index (χ0v) is 10.3. The van der Waals surface area contributed by atoms with E-state index in [9.17, 15) is 0 Å². The van der Waals surface area contributed by atoms with Gasteiger partial charge >= 0.3 is 0 Å². The average Bonchev–Trinajstić information content (AvgIpc) is 2.01. The van der Waals surface area contributed by atoms with Gasteiger partial charge in [-0.15, -0.1) is 0 Å². The fourth-order valence-electron chi connectivity index (χ4n) is 1.45. The summed E-state index contributed by atoms with van der Waals surface area (Å²) < 4.78 is 0. The Morgan fingerprint density at radius 3 is 1.11 bits per heavy atom. The zero-order chi connectivity index (χ0) is 11.0. The third-order valence-corrected chi connectivity index (χ3v) is 2.59. The van der Waals surface area contributed by atoms with E-state index in [4.69, 9.17) is 0 Å². The predicted molar refractivity (Wildman–Crippen MR) is 90.8 cm³/mol. The Hall–Kier alpha value is -0.780. The molecule has 0 unspecified atom stereocenters. The van der Waals surface area contributed by atoms with Crippen LogP contribution in [0, 0.1) is 0 Å². The van der Waals surface area contributed by atoms with Gasteiger partial charge in [0, 0.05) is 0 Å². The molecule has 1 rings (SSSR count). The second-order valence-electron chi connectivity index (χ2n) is 6.08. The molecular formula is C18H38. The largest absolute Gasteiger partial charge is 0.0776 e. The summed E-state index contributed by atoms with van der Waals surface area (Å²) in [5.41, 5.74) is 3.34. The first-order valence-corrected chi connectivity index (χ1v) is 5.32.